The number of hydrogen-bond donors (Lipinski definition) is 0. The number of rotatable bonds is 3. The van der Waals surface area contributed by atoms with Crippen LogP contribution in [0.3, 0.4) is 0 Å². The van der Waals surface area contributed by atoms with Crippen LogP contribution in [-0.2, 0) is 6.54 Å². The fraction of sp³-hybridized carbons (Fsp3) is 0.500. The Labute approximate surface area is 72.0 Å². The molecule has 0 saturated heterocycles. The molecule has 0 N–H and O–H groups in total. The maximum atomic E-state index is 8.49. The first kappa shape index (κ1) is 8.75. The number of likely N-dealkylation sites (N-methyl/N-ethyl adjacent to an activating group) is 1. The van der Waals surface area contributed by atoms with Gasteiger partial charge in [-0.15, -0.1) is 0 Å². The molecule has 0 aliphatic heterocycles. The molecule has 0 radical (unpaired) electrons. The average molecular weight is 164 g/mol. The fourth-order valence-electron chi connectivity index (χ4n) is 0.848. The Hall–Kier alpha value is -1.34. The summed E-state index contributed by atoms with van der Waals surface area (Å²) in [7, 11) is 4.02. The zero-order valence-corrected chi connectivity index (χ0v) is 7.36. The Morgan fingerprint density at radius 2 is 2.42 bits per heavy atom. The summed E-state index contributed by atoms with van der Waals surface area (Å²) in [5.41, 5.74) is 0.480. The van der Waals surface area contributed by atoms with E-state index in [1.54, 1.807) is 10.7 Å². The van der Waals surface area contributed by atoms with Gasteiger partial charge in [0.15, 0.2) is 5.69 Å². The summed E-state index contributed by atoms with van der Waals surface area (Å²) in [5, 5.41) is 12.5. The predicted octanol–water partition coefficient (Wildman–Crippen LogP) is 0.316. The van der Waals surface area contributed by atoms with E-state index in [0.29, 0.717) is 5.69 Å². The monoisotopic (exact) mass is 164 g/mol. The molecule has 0 amide bonds. The summed E-state index contributed by atoms with van der Waals surface area (Å²) < 4.78 is 1.78. The first-order valence-electron chi connectivity index (χ1n) is 3.80. The molecule has 0 bridgehead atoms. The van der Waals surface area contributed by atoms with E-state index < -0.39 is 0 Å². The molecule has 0 fully saturated rings. The molecule has 0 atom stereocenters. The molecule has 12 heavy (non-hydrogen) atoms. The van der Waals surface area contributed by atoms with Crippen LogP contribution in [0.4, 0.5) is 0 Å². The van der Waals surface area contributed by atoms with Gasteiger partial charge in [-0.2, -0.15) is 10.4 Å². The van der Waals surface area contributed by atoms with Crippen molar-refractivity contribution in [3.05, 3.63) is 18.0 Å². The zero-order valence-electron chi connectivity index (χ0n) is 7.36. The SMILES string of the molecule is CN(C)CCn1ccc(C#N)n1. The predicted molar refractivity (Wildman–Crippen MR) is 45.5 cm³/mol. The van der Waals surface area contributed by atoms with Crippen LogP contribution in [-0.4, -0.2) is 35.3 Å². The number of aromatic nitrogens is 2. The summed E-state index contributed by atoms with van der Waals surface area (Å²) in [6.07, 6.45) is 1.82. The van der Waals surface area contributed by atoms with Crippen molar-refractivity contribution < 1.29 is 0 Å². The minimum Gasteiger partial charge on any atom is -0.308 e. The first-order chi connectivity index (χ1) is 5.72. The third kappa shape index (κ3) is 2.36. The normalized spacial score (nSPS) is 10.2. The number of nitriles is 1. The Morgan fingerprint density at radius 3 is 2.92 bits per heavy atom. The zero-order chi connectivity index (χ0) is 8.97. The van der Waals surface area contributed by atoms with Gasteiger partial charge in [0, 0.05) is 12.7 Å². The van der Waals surface area contributed by atoms with Crippen molar-refractivity contribution in [3.63, 3.8) is 0 Å². The summed E-state index contributed by atoms with van der Waals surface area (Å²) in [6, 6.07) is 3.71. The first-order valence-corrected chi connectivity index (χ1v) is 3.80. The highest BCUT2D eigenvalue weighted by atomic mass is 15.3. The molecule has 0 saturated carbocycles. The highest BCUT2D eigenvalue weighted by molar-refractivity contribution is 5.16. The maximum absolute atomic E-state index is 8.49. The van der Waals surface area contributed by atoms with Crippen LogP contribution in [0.1, 0.15) is 5.69 Å². The van der Waals surface area contributed by atoms with E-state index >= 15 is 0 Å². The highest BCUT2D eigenvalue weighted by Gasteiger charge is 1.96. The van der Waals surface area contributed by atoms with Gasteiger partial charge >= 0.3 is 0 Å². The second kappa shape index (κ2) is 3.88. The molecule has 4 heteroatoms. The van der Waals surface area contributed by atoms with Crippen molar-refractivity contribution in [2.24, 2.45) is 0 Å². The van der Waals surface area contributed by atoms with Crippen LogP contribution >= 0.6 is 0 Å². The summed E-state index contributed by atoms with van der Waals surface area (Å²) in [6.45, 7) is 1.77. The van der Waals surface area contributed by atoms with Crippen LogP contribution in [0.5, 0.6) is 0 Å². The van der Waals surface area contributed by atoms with E-state index in [-0.39, 0.29) is 0 Å². The molecule has 1 heterocycles. The minimum atomic E-state index is 0.480. The van der Waals surface area contributed by atoms with E-state index in [4.69, 9.17) is 5.26 Å². The molecule has 0 aliphatic rings. The summed E-state index contributed by atoms with van der Waals surface area (Å²) in [4.78, 5) is 2.08. The standard InChI is InChI=1S/C8H12N4/c1-11(2)5-6-12-4-3-8(7-9)10-12/h3-4H,5-6H2,1-2H3. The van der Waals surface area contributed by atoms with E-state index in [0.717, 1.165) is 13.1 Å². The number of nitrogens with zero attached hydrogens (tertiary/aromatic N) is 4. The lowest BCUT2D eigenvalue weighted by Crippen LogP contribution is -2.18. The van der Waals surface area contributed by atoms with Crippen LogP contribution in [0.15, 0.2) is 12.3 Å². The average Bonchev–Trinajstić information content (AvgIpc) is 2.48. The molecule has 1 aromatic heterocycles. The summed E-state index contributed by atoms with van der Waals surface area (Å²) >= 11 is 0. The van der Waals surface area contributed by atoms with Crippen molar-refractivity contribution in [1.82, 2.24) is 14.7 Å². The van der Waals surface area contributed by atoms with Crippen molar-refractivity contribution in [2.75, 3.05) is 20.6 Å². The van der Waals surface area contributed by atoms with E-state index in [9.17, 15) is 0 Å². The second-order valence-electron chi connectivity index (χ2n) is 2.88. The fourth-order valence-corrected chi connectivity index (χ4v) is 0.848. The van der Waals surface area contributed by atoms with Gasteiger partial charge < -0.3 is 4.90 Å². The highest BCUT2D eigenvalue weighted by Crippen LogP contribution is 1.92. The molecule has 0 aromatic carbocycles. The van der Waals surface area contributed by atoms with Crippen molar-refractivity contribution in [3.8, 4) is 6.07 Å². The quantitative estimate of drug-likeness (QED) is 0.646. The van der Waals surface area contributed by atoms with Gasteiger partial charge in [0.2, 0.25) is 0 Å². The molecule has 0 spiro atoms. The van der Waals surface area contributed by atoms with E-state index in [1.807, 2.05) is 26.4 Å². The van der Waals surface area contributed by atoms with Gasteiger partial charge in [-0.05, 0) is 20.2 Å². The molecule has 0 unspecified atom stereocenters. The van der Waals surface area contributed by atoms with Crippen LogP contribution in [0.25, 0.3) is 0 Å². The van der Waals surface area contributed by atoms with Crippen molar-refractivity contribution in [1.29, 1.82) is 5.26 Å². The van der Waals surface area contributed by atoms with Gasteiger partial charge in [-0.3, -0.25) is 4.68 Å². The molecule has 64 valence electrons. The second-order valence-corrected chi connectivity index (χ2v) is 2.88. The van der Waals surface area contributed by atoms with Gasteiger partial charge in [0.25, 0.3) is 0 Å². The maximum Gasteiger partial charge on any atom is 0.162 e. The molecule has 1 aromatic rings. The van der Waals surface area contributed by atoms with Crippen LogP contribution in [0.2, 0.25) is 0 Å². The lowest BCUT2D eigenvalue weighted by Gasteiger charge is -2.08. The lowest BCUT2D eigenvalue weighted by molar-refractivity contribution is 0.373. The van der Waals surface area contributed by atoms with Crippen molar-refractivity contribution >= 4 is 0 Å². The minimum absolute atomic E-state index is 0.480. The van der Waals surface area contributed by atoms with Gasteiger partial charge in [-0.25, -0.2) is 0 Å². The molecule has 4 nitrogen and oxygen atoms in total. The third-order valence-corrected chi connectivity index (χ3v) is 1.53. The topological polar surface area (TPSA) is 44.9 Å². The molecule has 1 rings (SSSR count). The van der Waals surface area contributed by atoms with E-state index in [1.165, 1.54) is 0 Å². The molecular weight excluding hydrogens is 152 g/mol. The Morgan fingerprint density at radius 1 is 1.67 bits per heavy atom. The van der Waals surface area contributed by atoms with Gasteiger partial charge in [-0.1, -0.05) is 0 Å². The van der Waals surface area contributed by atoms with Crippen molar-refractivity contribution in [2.45, 2.75) is 6.54 Å². The Bertz CT molecular complexity index is 281. The van der Waals surface area contributed by atoms with E-state index in [2.05, 4.69) is 10.00 Å². The van der Waals surface area contributed by atoms with Crippen LogP contribution < -0.4 is 0 Å². The third-order valence-electron chi connectivity index (χ3n) is 1.53. The molecule has 0 aliphatic carbocycles. The Balaban J connectivity index is 2.48. The Kier molecular flexibility index (Phi) is 2.83. The van der Waals surface area contributed by atoms with Gasteiger partial charge in [0.05, 0.1) is 6.54 Å². The smallest absolute Gasteiger partial charge is 0.162 e. The number of hydrogen-bond acceptors (Lipinski definition) is 3. The van der Waals surface area contributed by atoms with Crippen LogP contribution in [0, 0.1) is 11.3 Å². The van der Waals surface area contributed by atoms with Gasteiger partial charge in [0.1, 0.15) is 6.07 Å². The largest absolute Gasteiger partial charge is 0.308 e. The lowest BCUT2D eigenvalue weighted by atomic mass is 10.5. The molecular formula is C8H12N4. The summed E-state index contributed by atoms with van der Waals surface area (Å²) in [5.74, 6) is 0.